The molecule has 0 saturated carbocycles. The predicted octanol–water partition coefficient (Wildman–Crippen LogP) is 4.67. The Kier molecular flexibility index (Phi) is 5.65. The Bertz CT molecular complexity index is 1320. The highest BCUT2D eigenvalue weighted by Crippen LogP contribution is 2.39. The Morgan fingerprint density at radius 3 is 2.53 bits per heavy atom. The molecule has 0 aliphatic rings. The van der Waals surface area contributed by atoms with E-state index in [0.717, 1.165) is 33.3 Å². The molecule has 32 heavy (non-hydrogen) atoms. The number of aromatic amines is 1. The van der Waals surface area contributed by atoms with Crippen molar-refractivity contribution in [2.45, 2.75) is 26.9 Å². The molecule has 1 atom stereocenters. The molecule has 2 aromatic carbocycles. The maximum Gasteiger partial charge on any atom is 0.162 e. The van der Waals surface area contributed by atoms with Crippen molar-refractivity contribution < 1.29 is 14.2 Å². The maximum atomic E-state index is 9.38. The van der Waals surface area contributed by atoms with Crippen LogP contribution in [0.1, 0.15) is 35.4 Å². The molecular formula is C24H23N5O3. The summed E-state index contributed by atoms with van der Waals surface area (Å²) in [5, 5.41) is 25.9. The molecule has 4 rings (SSSR count). The van der Waals surface area contributed by atoms with Gasteiger partial charge in [0.05, 0.1) is 43.3 Å². The third kappa shape index (κ3) is 3.81. The molecule has 0 spiro atoms. The van der Waals surface area contributed by atoms with Gasteiger partial charge in [0.2, 0.25) is 0 Å². The van der Waals surface area contributed by atoms with Crippen LogP contribution in [0.25, 0.3) is 22.2 Å². The minimum Gasteiger partial charge on any atom is -0.497 e. The zero-order valence-corrected chi connectivity index (χ0v) is 18.6. The largest absolute Gasteiger partial charge is 0.497 e. The molecule has 0 aliphatic heterocycles. The lowest BCUT2D eigenvalue weighted by Gasteiger charge is -2.20. The fraction of sp³-hybridized carbons (Fsp3) is 0.250. The molecule has 0 fully saturated rings. The second-order valence-corrected chi connectivity index (χ2v) is 7.47. The lowest BCUT2D eigenvalue weighted by molar-refractivity contribution is 0.214. The van der Waals surface area contributed by atoms with Crippen molar-refractivity contribution in [2.24, 2.45) is 0 Å². The molecule has 0 saturated heterocycles. The van der Waals surface area contributed by atoms with Gasteiger partial charge in [-0.05, 0) is 50.6 Å². The quantitative estimate of drug-likeness (QED) is 0.475. The van der Waals surface area contributed by atoms with Crippen LogP contribution in [-0.4, -0.2) is 34.6 Å². The van der Waals surface area contributed by atoms with Crippen LogP contribution in [-0.2, 0) is 0 Å². The number of aryl methyl sites for hydroxylation is 2. The molecule has 0 radical (unpaired) electrons. The van der Waals surface area contributed by atoms with Crippen LogP contribution < -0.4 is 14.2 Å². The summed E-state index contributed by atoms with van der Waals surface area (Å²) in [4.78, 5) is 0. The average Bonchev–Trinajstić information content (AvgIpc) is 3.20. The summed E-state index contributed by atoms with van der Waals surface area (Å²) in [6.45, 7) is 5.87. The fourth-order valence-electron chi connectivity index (χ4n) is 3.89. The number of fused-ring (bicyclic) bond motifs is 1. The number of hydrogen-bond donors (Lipinski definition) is 1. The van der Waals surface area contributed by atoms with Crippen molar-refractivity contribution in [3.63, 3.8) is 0 Å². The zero-order chi connectivity index (χ0) is 22.8. The molecule has 0 unspecified atom stereocenters. The number of benzene rings is 2. The summed E-state index contributed by atoms with van der Waals surface area (Å²) in [6.07, 6.45) is 1.46. The van der Waals surface area contributed by atoms with E-state index in [1.54, 1.807) is 32.5 Å². The van der Waals surface area contributed by atoms with Gasteiger partial charge in [0.1, 0.15) is 17.5 Å². The molecule has 0 bridgehead atoms. The van der Waals surface area contributed by atoms with E-state index in [1.807, 2.05) is 39.0 Å². The van der Waals surface area contributed by atoms with Crippen LogP contribution in [0, 0.1) is 25.2 Å². The lowest BCUT2D eigenvalue weighted by Crippen LogP contribution is -2.10. The molecule has 0 aliphatic carbocycles. The summed E-state index contributed by atoms with van der Waals surface area (Å²) in [6, 6.07) is 11.2. The molecule has 2 aromatic heterocycles. The van der Waals surface area contributed by atoms with E-state index in [2.05, 4.69) is 26.5 Å². The molecule has 4 aromatic rings. The van der Waals surface area contributed by atoms with Crippen LogP contribution in [0.3, 0.4) is 0 Å². The highest BCUT2D eigenvalue weighted by Gasteiger charge is 2.19. The zero-order valence-electron chi connectivity index (χ0n) is 18.6. The first-order chi connectivity index (χ1) is 15.4. The van der Waals surface area contributed by atoms with E-state index in [4.69, 9.17) is 14.2 Å². The average molecular weight is 429 g/mol. The first-order valence-electron chi connectivity index (χ1n) is 10.1. The van der Waals surface area contributed by atoms with E-state index in [1.165, 1.54) is 0 Å². The van der Waals surface area contributed by atoms with Gasteiger partial charge in [-0.3, -0.25) is 5.10 Å². The molecule has 1 N–H and O–H groups in total. The summed E-state index contributed by atoms with van der Waals surface area (Å²) in [5.41, 5.74) is 5.55. The highest BCUT2D eigenvalue weighted by molar-refractivity contribution is 5.95. The summed E-state index contributed by atoms with van der Waals surface area (Å²) < 4.78 is 17.3. The number of methoxy groups -OCH3 is 2. The molecule has 8 nitrogen and oxygen atoms in total. The Labute approximate surface area is 185 Å². The van der Waals surface area contributed by atoms with Gasteiger partial charge in [-0.2, -0.15) is 20.6 Å². The van der Waals surface area contributed by atoms with Gasteiger partial charge < -0.3 is 14.2 Å². The number of nitriles is 1. The van der Waals surface area contributed by atoms with Crippen LogP contribution in [0.5, 0.6) is 17.2 Å². The van der Waals surface area contributed by atoms with E-state index in [-0.39, 0.29) is 6.10 Å². The van der Waals surface area contributed by atoms with Gasteiger partial charge in [0.15, 0.2) is 11.5 Å². The van der Waals surface area contributed by atoms with Crippen LogP contribution in [0.15, 0.2) is 36.5 Å². The third-order valence-electron chi connectivity index (χ3n) is 5.38. The molecule has 8 heteroatoms. The number of ether oxygens (including phenoxy) is 3. The second-order valence-electron chi connectivity index (χ2n) is 7.47. The number of aromatic nitrogens is 4. The minimum atomic E-state index is -0.269. The van der Waals surface area contributed by atoms with Gasteiger partial charge in [-0.25, -0.2) is 0 Å². The molecule has 2 heterocycles. The monoisotopic (exact) mass is 429 g/mol. The van der Waals surface area contributed by atoms with Gasteiger partial charge in [0, 0.05) is 22.6 Å². The Hall–Kier alpha value is -4.12. The summed E-state index contributed by atoms with van der Waals surface area (Å²) in [5.74, 6) is 1.75. The normalized spacial score (nSPS) is 11.8. The van der Waals surface area contributed by atoms with Crippen molar-refractivity contribution in [2.75, 3.05) is 14.2 Å². The second kappa shape index (κ2) is 8.55. The molecule has 0 amide bonds. The summed E-state index contributed by atoms with van der Waals surface area (Å²) >= 11 is 0. The lowest BCUT2D eigenvalue weighted by atomic mass is 10.0. The van der Waals surface area contributed by atoms with E-state index >= 15 is 0 Å². The highest BCUT2D eigenvalue weighted by atomic mass is 16.5. The van der Waals surface area contributed by atoms with Gasteiger partial charge in [-0.1, -0.05) is 0 Å². The van der Waals surface area contributed by atoms with Crippen molar-refractivity contribution in [3.05, 3.63) is 58.9 Å². The first-order valence-corrected chi connectivity index (χ1v) is 10.1. The fourth-order valence-corrected chi connectivity index (χ4v) is 3.89. The van der Waals surface area contributed by atoms with Gasteiger partial charge in [-0.15, -0.1) is 0 Å². The van der Waals surface area contributed by atoms with Gasteiger partial charge in [0.25, 0.3) is 0 Å². The predicted molar refractivity (Wildman–Crippen MR) is 120 cm³/mol. The molecule has 162 valence electrons. The van der Waals surface area contributed by atoms with E-state index in [9.17, 15) is 5.26 Å². The number of H-pyrrole nitrogens is 1. The van der Waals surface area contributed by atoms with Crippen LogP contribution in [0.2, 0.25) is 0 Å². The number of hydrogen-bond acceptors (Lipinski definition) is 7. The van der Waals surface area contributed by atoms with Gasteiger partial charge >= 0.3 is 0 Å². The third-order valence-corrected chi connectivity index (χ3v) is 5.38. The standard InChI is InChI=1S/C24H23N5O3/c1-13-12-26-27-14(2)23(13)15(3)32-22-9-19-20(10-21(22)31-5)28-29-24(19)17-6-16(11-25)7-18(8-17)30-4/h6-10,12,15H,1-5H3,(H,28,29)/t15-/m1/s1. The van der Waals surface area contributed by atoms with Crippen LogP contribution in [0.4, 0.5) is 0 Å². The van der Waals surface area contributed by atoms with Crippen molar-refractivity contribution >= 4 is 10.9 Å². The van der Waals surface area contributed by atoms with E-state index < -0.39 is 0 Å². The smallest absolute Gasteiger partial charge is 0.162 e. The van der Waals surface area contributed by atoms with Crippen molar-refractivity contribution in [1.82, 2.24) is 20.4 Å². The number of nitrogens with zero attached hydrogens (tertiary/aromatic N) is 4. The topological polar surface area (TPSA) is 106 Å². The Balaban J connectivity index is 1.81. The SMILES string of the molecule is COc1cc(C#N)cc(-c2n[nH]c3cc(OC)c(O[C@H](C)c4c(C)cnnc4C)cc23)c1. The van der Waals surface area contributed by atoms with Crippen LogP contribution >= 0.6 is 0 Å². The number of nitrogens with one attached hydrogen (secondary N) is 1. The van der Waals surface area contributed by atoms with Crippen molar-refractivity contribution in [3.8, 4) is 34.6 Å². The molecular weight excluding hydrogens is 406 g/mol. The summed E-state index contributed by atoms with van der Waals surface area (Å²) in [7, 11) is 3.17. The Morgan fingerprint density at radius 1 is 1.03 bits per heavy atom. The number of rotatable bonds is 6. The first kappa shape index (κ1) is 21.1. The minimum absolute atomic E-state index is 0.269. The maximum absolute atomic E-state index is 9.38. The Morgan fingerprint density at radius 2 is 1.84 bits per heavy atom. The van der Waals surface area contributed by atoms with Crippen molar-refractivity contribution in [1.29, 1.82) is 5.26 Å². The van der Waals surface area contributed by atoms with E-state index in [0.29, 0.717) is 28.5 Å².